The summed E-state index contributed by atoms with van der Waals surface area (Å²) in [5, 5.41) is 0. The number of hydrogen-bond acceptors (Lipinski definition) is 5. The Balaban J connectivity index is 2.16. The fourth-order valence-electron chi connectivity index (χ4n) is 1.99. The number of benzene rings is 1. The van der Waals surface area contributed by atoms with Crippen molar-refractivity contribution in [1.29, 1.82) is 0 Å². The minimum absolute atomic E-state index is 0.281. The van der Waals surface area contributed by atoms with Crippen molar-refractivity contribution in [2.24, 2.45) is 5.90 Å². The summed E-state index contributed by atoms with van der Waals surface area (Å²) >= 11 is 1.93. The third-order valence-corrected chi connectivity index (χ3v) is 4.07. The molecule has 0 radical (unpaired) electrons. The molecule has 2 rings (SSSR count). The second-order valence-electron chi connectivity index (χ2n) is 4.17. The van der Waals surface area contributed by atoms with Crippen LogP contribution in [0.2, 0.25) is 0 Å². The number of thioether (sulfide) groups is 1. The van der Waals surface area contributed by atoms with Crippen LogP contribution in [0.3, 0.4) is 0 Å². The Bertz CT molecular complexity index is 380. The molecule has 1 aliphatic rings. The molecule has 0 spiro atoms. The van der Waals surface area contributed by atoms with Crippen LogP contribution in [-0.2, 0) is 11.3 Å². The van der Waals surface area contributed by atoms with Gasteiger partial charge in [-0.2, -0.15) is 11.8 Å². The second-order valence-corrected chi connectivity index (χ2v) is 5.32. The van der Waals surface area contributed by atoms with Crippen LogP contribution in [0.25, 0.3) is 0 Å². The maximum absolute atomic E-state index is 6.08. The van der Waals surface area contributed by atoms with Gasteiger partial charge in [-0.05, 0) is 18.2 Å². The first-order valence-electron chi connectivity index (χ1n) is 6.07. The molecule has 1 saturated heterocycles. The molecule has 0 amide bonds. The molecule has 1 unspecified atom stereocenters. The third-order valence-electron chi connectivity index (χ3n) is 2.94. The van der Waals surface area contributed by atoms with E-state index in [1.165, 1.54) is 5.75 Å². The smallest absolute Gasteiger partial charge is 0.164 e. The molecule has 1 heterocycles. The van der Waals surface area contributed by atoms with Crippen molar-refractivity contribution in [1.82, 2.24) is 0 Å². The van der Waals surface area contributed by atoms with Gasteiger partial charge in [0.25, 0.3) is 0 Å². The molecule has 1 atom stereocenters. The van der Waals surface area contributed by atoms with E-state index in [0.29, 0.717) is 6.61 Å². The van der Waals surface area contributed by atoms with E-state index >= 15 is 0 Å². The van der Waals surface area contributed by atoms with Crippen LogP contribution in [0.15, 0.2) is 18.2 Å². The fourth-order valence-corrected chi connectivity index (χ4v) is 3.09. The molecular weight excluding hydrogens is 250 g/mol. The van der Waals surface area contributed by atoms with Gasteiger partial charge in [0.2, 0.25) is 0 Å². The first-order chi connectivity index (χ1) is 8.85. The topological polar surface area (TPSA) is 53.7 Å². The summed E-state index contributed by atoms with van der Waals surface area (Å²) < 4.78 is 11.5. The highest BCUT2D eigenvalue weighted by Crippen LogP contribution is 2.34. The highest BCUT2D eigenvalue weighted by Gasteiger charge is 2.20. The quantitative estimate of drug-likeness (QED) is 0.801. The summed E-state index contributed by atoms with van der Waals surface area (Å²) in [5.41, 5.74) is 1.08. The molecule has 1 aliphatic heterocycles. The lowest BCUT2D eigenvalue weighted by Gasteiger charge is -2.18. The summed E-state index contributed by atoms with van der Waals surface area (Å²) in [6, 6.07) is 5.91. The number of ether oxygens (including phenoxy) is 2. The van der Waals surface area contributed by atoms with Crippen LogP contribution < -0.4 is 15.4 Å². The zero-order valence-electron chi connectivity index (χ0n) is 10.6. The minimum atomic E-state index is 0.281. The van der Waals surface area contributed by atoms with Crippen molar-refractivity contribution < 1.29 is 14.3 Å². The van der Waals surface area contributed by atoms with Gasteiger partial charge < -0.3 is 14.3 Å². The predicted molar refractivity (Wildman–Crippen MR) is 73.2 cm³/mol. The van der Waals surface area contributed by atoms with Gasteiger partial charge in [-0.15, -0.1) is 0 Å². The lowest BCUT2D eigenvalue weighted by Crippen LogP contribution is -2.17. The van der Waals surface area contributed by atoms with Crippen LogP contribution in [0, 0.1) is 0 Å². The van der Waals surface area contributed by atoms with Gasteiger partial charge in [-0.25, -0.2) is 5.90 Å². The number of hydrogen-bond donors (Lipinski definition) is 1. The minimum Gasteiger partial charge on any atom is -0.493 e. The molecule has 0 aliphatic carbocycles. The Morgan fingerprint density at radius 2 is 2.33 bits per heavy atom. The molecule has 5 heteroatoms. The number of para-hydroxylation sites is 1. The molecule has 1 fully saturated rings. The van der Waals surface area contributed by atoms with Crippen LogP contribution >= 0.6 is 11.8 Å². The van der Waals surface area contributed by atoms with Gasteiger partial charge in [0.05, 0.1) is 13.7 Å². The van der Waals surface area contributed by atoms with Crippen molar-refractivity contribution in [2.75, 3.05) is 25.2 Å². The van der Waals surface area contributed by atoms with E-state index in [2.05, 4.69) is 4.84 Å². The van der Waals surface area contributed by atoms with Gasteiger partial charge in [0, 0.05) is 17.7 Å². The predicted octanol–water partition coefficient (Wildman–Crippen LogP) is 2.01. The van der Waals surface area contributed by atoms with Crippen molar-refractivity contribution >= 4 is 11.8 Å². The number of rotatable bonds is 6. The van der Waals surface area contributed by atoms with Gasteiger partial charge in [0.1, 0.15) is 6.10 Å². The lowest BCUT2D eigenvalue weighted by atomic mass is 10.1. The maximum atomic E-state index is 6.08. The van der Waals surface area contributed by atoms with E-state index in [9.17, 15) is 0 Å². The Labute approximate surface area is 112 Å². The Morgan fingerprint density at radius 3 is 3.00 bits per heavy atom. The largest absolute Gasteiger partial charge is 0.493 e. The second kappa shape index (κ2) is 6.87. The van der Waals surface area contributed by atoms with E-state index in [4.69, 9.17) is 15.4 Å². The average Bonchev–Trinajstić information content (AvgIpc) is 2.90. The normalized spacial score (nSPS) is 18.9. The van der Waals surface area contributed by atoms with Gasteiger partial charge in [-0.1, -0.05) is 12.1 Å². The summed E-state index contributed by atoms with van der Waals surface area (Å²) in [6.07, 6.45) is 2.10. The van der Waals surface area contributed by atoms with Crippen LogP contribution in [0.4, 0.5) is 0 Å². The molecule has 4 nitrogen and oxygen atoms in total. The molecule has 0 bridgehead atoms. The molecule has 2 N–H and O–H groups in total. The summed E-state index contributed by atoms with van der Waals surface area (Å²) in [4.78, 5) is 4.64. The highest BCUT2D eigenvalue weighted by molar-refractivity contribution is 7.99. The molecule has 0 saturated carbocycles. The average molecular weight is 269 g/mol. The monoisotopic (exact) mass is 269 g/mol. The Hall–Kier alpha value is -0.910. The van der Waals surface area contributed by atoms with Crippen molar-refractivity contribution in [3.05, 3.63) is 23.8 Å². The summed E-state index contributed by atoms with van der Waals surface area (Å²) in [6.45, 7) is 0.475. The molecule has 0 aromatic heterocycles. The van der Waals surface area contributed by atoms with E-state index in [0.717, 1.165) is 35.7 Å². The van der Waals surface area contributed by atoms with Crippen LogP contribution in [-0.4, -0.2) is 31.3 Å². The zero-order chi connectivity index (χ0) is 12.8. The zero-order valence-corrected chi connectivity index (χ0v) is 11.4. The Kier molecular flexibility index (Phi) is 5.16. The molecule has 1 aromatic rings. The molecule has 18 heavy (non-hydrogen) atoms. The van der Waals surface area contributed by atoms with E-state index in [1.54, 1.807) is 7.11 Å². The summed E-state index contributed by atoms with van der Waals surface area (Å²) in [7, 11) is 1.66. The first-order valence-corrected chi connectivity index (χ1v) is 7.22. The highest BCUT2D eigenvalue weighted by atomic mass is 32.2. The van der Waals surface area contributed by atoms with E-state index in [1.807, 2.05) is 30.0 Å². The first kappa shape index (κ1) is 13.5. The van der Waals surface area contributed by atoms with Crippen molar-refractivity contribution in [3.63, 3.8) is 0 Å². The van der Waals surface area contributed by atoms with Gasteiger partial charge in [-0.3, -0.25) is 0 Å². The molecule has 100 valence electrons. The third kappa shape index (κ3) is 3.31. The van der Waals surface area contributed by atoms with Crippen molar-refractivity contribution in [3.8, 4) is 11.5 Å². The van der Waals surface area contributed by atoms with Crippen LogP contribution in [0.5, 0.6) is 11.5 Å². The van der Waals surface area contributed by atoms with E-state index < -0.39 is 0 Å². The number of nitrogens with two attached hydrogens (primary N) is 1. The van der Waals surface area contributed by atoms with E-state index in [-0.39, 0.29) is 6.10 Å². The standard InChI is InChI=1S/C13H19NO3S/c1-15-12-4-2-3-10(5-7-16-14)13(12)17-11-6-8-18-9-11/h2-4,11H,5-9,14H2,1H3. The Morgan fingerprint density at radius 1 is 1.44 bits per heavy atom. The fraction of sp³-hybridized carbons (Fsp3) is 0.538. The van der Waals surface area contributed by atoms with Crippen LogP contribution in [0.1, 0.15) is 12.0 Å². The van der Waals surface area contributed by atoms with Gasteiger partial charge in [0.15, 0.2) is 11.5 Å². The lowest BCUT2D eigenvalue weighted by molar-refractivity contribution is 0.139. The molecular formula is C13H19NO3S. The van der Waals surface area contributed by atoms with Crippen molar-refractivity contribution in [2.45, 2.75) is 18.9 Å². The van der Waals surface area contributed by atoms with Gasteiger partial charge >= 0.3 is 0 Å². The SMILES string of the molecule is COc1cccc(CCON)c1OC1CCSC1. The summed E-state index contributed by atoms with van der Waals surface area (Å²) in [5.74, 6) is 8.92. The number of methoxy groups -OCH3 is 1. The molecule has 1 aromatic carbocycles. The maximum Gasteiger partial charge on any atom is 0.164 e.